The van der Waals surface area contributed by atoms with Crippen LogP contribution in [0.15, 0.2) is 42.7 Å². The third-order valence-corrected chi connectivity index (χ3v) is 5.34. The number of aromatic nitrogens is 2. The number of hydrogen-bond donors (Lipinski definition) is 2. The number of benzene rings is 1. The minimum atomic E-state index is -0.250. The molecule has 1 aromatic carbocycles. The molecule has 4 rings (SSSR count). The van der Waals surface area contributed by atoms with E-state index in [1.807, 2.05) is 6.07 Å². The quantitative estimate of drug-likeness (QED) is 0.718. The molecule has 9 heteroatoms. The standard InChI is InChI=1S/C21H27N5O4/c27-20(24-14-19(16-5-10-29-15-16)26-8-11-28-12-9-26)25-17-3-1-4-18(13-17)30-21-22-6-2-7-23-21/h1-4,6-7,13,16,19H,5,8-12,14-15H2,(H2,24,25,27). The number of nitrogens with one attached hydrogen (secondary N) is 2. The molecule has 0 saturated carbocycles. The first-order valence-corrected chi connectivity index (χ1v) is 10.3. The minimum Gasteiger partial charge on any atom is -0.424 e. The van der Waals surface area contributed by atoms with Crippen molar-refractivity contribution in [3.63, 3.8) is 0 Å². The Morgan fingerprint density at radius 2 is 2.00 bits per heavy atom. The Balaban J connectivity index is 1.32. The predicted molar refractivity (Wildman–Crippen MR) is 111 cm³/mol. The molecule has 2 fully saturated rings. The number of amides is 2. The number of nitrogens with zero attached hydrogens (tertiary/aromatic N) is 3. The number of ether oxygens (including phenoxy) is 3. The molecule has 2 aliphatic rings. The van der Waals surface area contributed by atoms with Crippen LogP contribution in [0, 0.1) is 5.92 Å². The second kappa shape index (κ2) is 10.3. The molecule has 160 valence electrons. The van der Waals surface area contributed by atoms with Gasteiger partial charge in [-0.15, -0.1) is 0 Å². The van der Waals surface area contributed by atoms with Gasteiger partial charge in [0, 0.05) is 62.3 Å². The van der Waals surface area contributed by atoms with Crippen molar-refractivity contribution in [2.24, 2.45) is 5.92 Å². The number of carbonyl (C=O) groups is 1. The molecule has 0 bridgehead atoms. The zero-order valence-electron chi connectivity index (χ0n) is 16.8. The zero-order valence-corrected chi connectivity index (χ0v) is 16.8. The third kappa shape index (κ3) is 5.65. The first-order valence-electron chi connectivity index (χ1n) is 10.3. The number of urea groups is 1. The summed E-state index contributed by atoms with van der Waals surface area (Å²) in [6, 6.07) is 9.10. The number of carbonyl (C=O) groups excluding carboxylic acids is 1. The van der Waals surface area contributed by atoms with Gasteiger partial charge in [0.15, 0.2) is 0 Å². The molecule has 9 nitrogen and oxygen atoms in total. The van der Waals surface area contributed by atoms with Gasteiger partial charge in [-0.2, -0.15) is 0 Å². The first-order chi connectivity index (χ1) is 14.8. The molecule has 3 heterocycles. The van der Waals surface area contributed by atoms with Crippen LogP contribution in [0.3, 0.4) is 0 Å². The van der Waals surface area contributed by atoms with Crippen LogP contribution >= 0.6 is 0 Å². The third-order valence-electron chi connectivity index (χ3n) is 5.34. The monoisotopic (exact) mass is 413 g/mol. The van der Waals surface area contributed by atoms with Crippen molar-refractivity contribution >= 4 is 11.7 Å². The van der Waals surface area contributed by atoms with Gasteiger partial charge in [-0.05, 0) is 24.6 Å². The van der Waals surface area contributed by atoms with Crippen molar-refractivity contribution < 1.29 is 19.0 Å². The Labute approximate surface area is 175 Å². The molecule has 0 spiro atoms. The topological polar surface area (TPSA) is 97.8 Å². The van der Waals surface area contributed by atoms with E-state index in [1.54, 1.807) is 36.7 Å². The van der Waals surface area contributed by atoms with E-state index < -0.39 is 0 Å². The van der Waals surface area contributed by atoms with Crippen molar-refractivity contribution in [2.75, 3.05) is 51.4 Å². The van der Waals surface area contributed by atoms with Crippen LogP contribution in [-0.2, 0) is 9.47 Å². The summed E-state index contributed by atoms with van der Waals surface area (Å²) in [7, 11) is 0. The molecule has 2 saturated heterocycles. The highest BCUT2D eigenvalue weighted by Gasteiger charge is 2.31. The Bertz CT molecular complexity index is 810. The molecule has 30 heavy (non-hydrogen) atoms. The SMILES string of the molecule is O=C(NCC(C1CCOC1)N1CCOCC1)Nc1cccc(Oc2ncccn2)c1. The van der Waals surface area contributed by atoms with E-state index in [0.717, 1.165) is 45.9 Å². The number of rotatable bonds is 7. The van der Waals surface area contributed by atoms with Gasteiger partial charge in [-0.25, -0.2) is 14.8 Å². The summed E-state index contributed by atoms with van der Waals surface area (Å²) in [6.45, 7) is 5.31. The number of hydrogen-bond acceptors (Lipinski definition) is 7. The van der Waals surface area contributed by atoms with Crippen LogP contribution in [0.25, 0.3) is 0 Å². The normalized spacial score (nSPS) is 20.5. The first kappa shape index (κ1) is 20.5. The lowest BCUT2D eigenvalue weighted by Crippen LogP contribution is -2.52. The summed E-state index contributed by atoms with van der Waals surface area (Å²) in [5.41, 5.74) is 0.632. The van der Waals surface area contributed by atoms with E-state index in [0.29, 0.717) is 23.9 Å². The smallest absolute Gasteiger partial charge is 0.321 e. The molecule has 2 N–H and O–H groups in total. The summed E-state index contributed by atoms with van der Waals surface area (Å²) in [6.07, 6.45) is 4.24. The molecule has 1 aromatic heterocycles. The van der Waals surface area contributed by atoms with Gasteiger partial charge in [0.25, 0.3) is 0 Å². The average Bonchev–Trinajstić information content (AvgIpc) is 3.30. The summed E-state index contributed by atoms with van der Waals surface area (Å²) in [4.78, 5) is 23.0. The van der Waals surface area contributed by atoms with Crippen LogP contribution in [0.1, 0.15) is 6.42 Å². The van der Waals surface area contributed by atoms with Crippen molar-refractivity contribution in [3.05, 3.63) is 42.7 Å². The Hall–Kier alpha value is -2.75. The van der Waals surface area contributed by atoms with Crippen molar-refractivity contribution in [1.29, 1.82) is 0 Å². The fourth-order valence-electron chi connectivity index (χ4n) is 3.81. The predicted octanol–water partition coefficient (Wildman–Crippen LogP) is 2.13. The maximum Gasteiger partial charge on any atom is 0.321 e. The molecule has 2 unspecified atom stereocenters. The molecular weight excluding hydrogens is 386 g/mol. The van der Waals surface area contributed by atoms with Gasteiger partial charge in [0.2, 0.25) is 0 Å². The van der Waals surface area contributed by atoms with Gasteiger partial charge in [-0.3, -0.25) is 4.90 Å². The summed E-state index contributed by atoms with van der Waals surface area (Å²) in [5, 5.41) is 5.89. The highest BCUT2D eigenvalue weighted by Crippen LogP contribution is 2.23. The van der Waals surface area contributed by atoms with Gasteiger partial charge >= 0.3 is 12.0 Å². The Morgan fingerprint density at radius 1 is 1.17 bits per heavy atom. The fourth-order valence-corrected chi connectivity index (χ4v) is 3.81. The Morgan fingerprint density at radius 3 is 2.77 bits per heavy atom. The van der Waals surface area contributed by atoms with E-state index in [4.69, 9.17) is 14.2 Å². The summed E-state index contributed by atoms with van der Waals surface area (Å²) >= 11 is 0. The Kier molecular flexibility index (Phi) is 7.07. The van der Waals surface area contributed by atoms with E-state index in [2.05, 4.69) is 25.5 Å². The maximum atomic E-state index is 12.5. The second-order valence-corrected chi connectivity index (χ2v) is 7.34. The fraction of sp³-hybridized carbons (Fsp3) is 0.476. The second-order valence-electron chi connectivity index (χ2n) is 7.34. The van der Waals surface area contributed by atoms with Crippen molar-refractivity contribution in [1.82, 2.24) is 20.2 Å². The number of morpholine rings is 1. The molecule has 2 aromatic rings. The minimum absolute atomic E-state index is 0.243. The van der Waals surface area contributed by atoms with E-state index >= 15 is 0 Å². The maximum absolute atomic E-state index is 12.5. The van der Waals surface area contributed by atoms with Gasteiger partial charge in [0.1, 0.15) is 5.75 Å². The van der Waals surface area contributed by atoms with Crippen LogP contribution < -0.4 is 15.4 Å². The zero-order chi connectivity index (χ0) is 20.6. The van der Waals surface area contributed by atoms with Crippen LogP contribution in [0.2, 0.25) is 0 Å². The molecule has 2 atom stereocenters. The highest BCUT2D eigenvalue weighted by atomic mass is 16.5. The average molecular weight is 413 g/mol. The lowest BCUT2D eigenvalue weighted by atomic mass is 9.97. The molecular formula is C21H27N5O4. The summed E-state index contributed by atoms with van der Waals surface area (Å²) < 4.78 is 16.7. The lowest BCUT2D eigenvalue weighted by Gasteiger charge is -2.37. The van der Waals surface area contributed by atoms with Gasteiger partial charge < -0.3 is 24.8 Å². The molecule has 2 aliphatic heterocycles. The molecule has 0 aliphatic carbocycles. The molecule has 0 radical (unpaired) electrons. The van der Waals surface area contributed by atoms with E-state index in [9.17, 15) is 4.79 Å². The van der Waals surface area contributed by atoms with E-state index in [1.165, 1.54) is 0 Å². The van der Waals surface area contributed by atoms with Crippen LogP contribution in [-0.4, -0.2) is 73.0 Å². The molecule has 2 amide bonds. The van der Waals surface area contributed by atoms with Crippen molar-refractivity contribution in [3.8, 4) is 11.8 Å². The summed E-state index contributed by atoms with van der Waals surface area (Å²) in [5.74, 6) is 0.972. The van der Waals surface area contributed by atoms with Gasteiger partial charge in [-0.1, -0.05) is 6.07 Å². The lowest BCUT2D eigenvalue weighted by molar-refractivity contribution is 0.00222. The van der Waals surface area contributed by atoms with Gasteiger partial charge in [0.05, 0.1) is 19.8 Å². The number of anilines is 1. The van der Waals surface area contributed by atoms with Crippen LogP contribution in [0.4, 0.5) is 10.5 Å². The largest absolute Gasteiger partial charge is 0.424 e. The highest BCUT2D eigenvalue weighted by molar-refractivity contribution is 5.89. The van der Waals surface area contributed by atoms with E-state index in [-0.39, 0.29) is 18.1 Å². The van der Waals surface area contributed by atoms with Crippen LogP contribution in [0.5, 0.6) is 11.8 Å². The van der Waals surface area contributed by atoms with Crippen molar-refractivity contribution in [2.45, 2.75) is 12.5 Å².